The highest BCUT2D eigenvalue weighted by molar-refractivity contribution is 7.18. The van der Waals surface area contributed by atoms with Crippen LogP contribution in [0.15, 0.2) is 35.1 Å². The van der Waals surface area contributed by atoms with Gasteiger partial charge in [0, 0.05) is 18.4 Å². The first-order valence-corrected chi connectivity index (χ1v) is 10.6. The first kappa shape index (κ1) is 21.2. The number of aryl methyl sites for hydroxylation is 3. The molecule has 0 saturated heterocycles. The predicted octanol–water partition coefficient (Wildman–Crippen LogP) is 3.78. The van der Waals surface area contributed by atoms with E-state index in [2.05, 4.69) is 4.98 Å². The quantitative estimate of drug-likeness (QED) is 0.576. The van der Waals surface area contributed by atoms with E-state index in [1.54, 1.807) is 7.11 Å². The molecule has 0 aliphatic rings. The molecule has 3 aromatic rings. The zero-order chi connectivity index (χ0) is 21.0. The minimum atomic E-state index is -1.02. The summed E-state index contributed by atoms with van der Waals surface area (Å²) < 4.78 is 6.53. The molecule has 0 fully saturated rings. The molecule has 1 N–H and O–H groups in total. The van der Waals surface area contributed by atoms with Crippen LogP contribution in [-0.4, -0.2) is 34.3 Å². The van der Waals surface area contributed by atoms with Gasteiger partial charge in [-0.05, 0) is 37.8 Å². The molecule has 0 amide bonds. The van der Waals surface area contributed by atoms with Crippen LogP contribution in [0.5, 0.6) is 0 Å². The normalized spacial score (nSPS) is 12.4. The van der Waals surface area contributed by atoms with E-state index in [4.69, 9.17) is 4.74 Å². The van der Waals surface area contributed by atoms with Crippen LogP contribution in [0.25, 0.3) is 10.2 Å². The number of fused-ring (bicyclic) bond motifs is 1. The largest absolute Gasteiger partial charge is 0.480 e. The van der Waals surface area contributed by atoms with Gasteiger partial charge in [-0.15, -0.1) is 11.3 Å². The highest BCUT2D eigenvalue weighted by Crippen LogP contribution is 2.25. The number of hydrogen-bond acceptors (Lipinski definition) is 5. The molecule has 0 spiro atoms. The summed E-state index contributed by atoms with van der Waals surface area (Å²) in [5.41, 5.74) is 1.92. The highest BCUT2D eigenvalue weighted by atomic mass is 32.1. The topological polar surface area (TPSA) is 81.4 Å². The van der Waals surface area contributed by atoms with Crippen LogP contribution in [0.1, 0.15) is 41.2 Å². The molecule has 0 aliphatic carbocycles. The Morgan fingerprint density at radius 2 is 2.00 bits per heavy atom. The van der Waals surface area contributed by atoms with Crippen LogP contribution < -0.4 is 5.56 Å². The molecule has 0 saturated carbocycles. The fraction of sp³-hybridized carbons (Fsp3) is 0.409. The van der Waals surface area contributed by atoms with Crippen LogP contribution in [0.2, 0.25) is 0 Å². The molecule has 0 bridgehead atoms. The monoisotopic (exact) mass is 414 g/mol. The SMILES string of the molecule is CCc1cc2c(=O)n(C(CCc3ccc(C)cc3)C(=O)O)c(CCOC)nc2s1. The molecule has 1 atom stereocenters. The number of carboxylic acid groups (broad SMARTS) is 1. The molecule has 154 valence electrons. The Hall–Kier alpha value is -2.51. The minimum Gasteiger partial charge on any atom is -0.480 e. The van der Waals surface area contributed by atoms with Crippen LogP contribution in [-0.2, 0) is 28.8 Å². The van der Waals surface area contributed by atoms with Gasteiger partial charge < -0.3 is 9.84 Å². The summed E-state index contributed by atoms with van der Waals surface area (Å²) in [6.07, 6.45) is 2.07. The summed E-state index contributed by atoms with van der Waals surface area (Å²) in [6, 6.07) is 8.87. The first-order valence-electron chi connectivity index (χ1n) is 9.75. The van der Waals surface area contributed by atoms with Crippen molar-refractivity contribution in [3.63, 3.8) is 0 Å². The molecule has 1 unspecified atom stereocenters. The summed E-state index contributed by atoms with van der Waals surface area (Å²) in [6.45, 7) is 4.41. The number of carboxylic acids is 1. The second-order valence-electron chi connectivity index (χ2n) is 7.11. The lowest BCUT2D eigenvalue weighted by atomic mass is 10.0. The summed E-state index contributed by atoms with van der Waals surface area (Å²) in [5, 5.41) is 10.4. The number of thiophene rings is 1. The maximum Gasteiger partial charge on any atom is 0.326 e. The lowest BCUT2D eigenvalue weighted by molar-refractivity contribution is -0.141. The average molecular weight is 415 g/mol. The predicted molar refractivity (Wildman–Crippen MR) is 115 cm³/mol. The van der Waals surface area contributed by atoms with E-state index in [-0.39, 0.29) is 5.56 Å². The highest BCUT2D eigenvalue weighted by Gasteiger charge is 2.26. The van der Waals surface area contributed by atoms with Crippen molar-refractivity contribution >= 4 is 27.5 Å². The van der Waals surface area contributed by atoms with E-state index in [1.807, 2.05) is 44.2 Å². The zero-order valence-electron chi connectivity index (χ0n) is 17.0. The Labute approximate surface area is 173 Å². The Morgan fingerprint density at radius 3 is 2.62 bits per heavy atom. The molecule has 6 nitrogen and oxygen atoms in total. The standard InChI is InChI=1S/C22H26N2O4S/c1-4-16-13-17-20(29-16)23-19(11-12-28-3)24(21(17)25)18(22(26)27)10-9-15-7-5-14(2)6-8-15/h5-8,13,18H,4,9-12H2,1-3H3,(H,26,27). The van der Waals surface area contributed by atoms with Crippen molar-refractivity contribution in [2.75, 3.05) is 13.7 Å². The summed E-state index contributed by atoms with van der Waals surface area (Å²) in [4.78, 5) is 31.8. The van der Waals surface area contributed by atoms with Gasteiger partial charge in [0.15, 0.2) is 0 Å². The number of aliphatic carboxylic acids is 1. The van der Waals surface area contributed by atoms with Gasteiger partial charge in [-0.2, -0.15) is 0 Å². The van der Waals surface area contributed by atoms with Gasteiger partial charge in [0.05, 0.1) is 12.0 Å². The van der Waals surface area contributed by atoms with E-state index in [0.717, 1.165) is 22.4 Å². The van der Waals surface area contributed by atoms with Gasteiger partial charge in [-0.25, -0.2) is 9.78 Å². The Bertz CT molecular complexity index is 1050. The van der Waals surface area contributed by atoms with E-state index >= 15 is 0 Å². The number of methoxy groups -OCH3 is 1. The van der Waals surface area contributed by atoms with Gasteiger partial charge in [0.2, 0.25) is 0 Å². The number of aromatic nitrogens is 2. The maximum absolute atomic E-state index is 13.3. The van der Waals surface area contributed by atoms with Crippen molar-refractivity contribution in [3.8, 4) is 0 Å². The van der Waals surface area contributed by atoms with Gasteiger partial charge >= 0.3 is 5.97 Å². The zero-order valence-corrected chi connectivity index (χ0v) is 17.8. The third kappa shape index (κ3) is 4.74. The lowest BCUT2D eigenvalue weighted by Gasteiger charge is -2.19. The van der Waals surface area contributed by atoms with E-state index in [0.29, 0.717) is 41.9 Å². The lowest BCUT2D eigenvalue weighted by Crippen LogP contribution is -2.34. The second-order valence-corrected chi connectivity index (χ2v) is 8.22. The molecule has 7 heteroatoms. The summed E-state index contributed by atoms with van der Waals surface area (Å²) in [5.74, 6) is -0.560. The Morgan fingerprint density at radius 1 is 1.28 bits per heavy atom. The first-order chi connectivity index (χ1) is 13.9. The summed E-state index contributed by atoms with van der Waals surface area (Å²) in [7, 11) is 1.58. The molecule has 2 aromatic heterocycles. The number of benzene rings is 1. The number of hydrogen-bond donors (Lipinski definition) is 1. The fourth-order valence-electron chi connectivity index (χ4n) is 3.37. The number of rotatable bonds is 9. The average Bonchev–Trinajstić information content (AvgIpc) is 3.13. The van der Waals surface area contributed by atoms with Crippen molar-refractivity contribution in [2.24, 2.45) is 0 Å². The van der Waals surface area contributed by atoms with Gasteiger partial charge in [-0.1, -0.05) is 36.8 Å². The van der Waals surface area contributed by atoms with Crippen molar-refractivity contribution in [1.82, 2.24) is 9.55 Å². The minimum absolute atomic E-state index is 0.284. The van der Waals surface area contributed by atoms with Crippen molar-refractivity contribution in [2.45, 2.75) is 45.6 Å². The number of ether oxygens (including phenoxy) is 1. The molecular formula is C22H26N2O4S. The Kier molecular flexibility index (Phi) is 6.82. The molecule has 0 radical (unpaired) electrons. The van der Waals surface area contributed by atoms with E-state index in [1.165, 1.54) is 15.9 Å². The van der Waals surface area contributed by atoms with Gasteiger partial charge in [0.1, 0.15) is 16.7 Å². The number of carbonyl (C=O) groups is 1. The van der Waals surface area contributed by atoms with E-state index < -0.39 is 12.0 Å². The Balaban J connectivity index is 2.03. The number of nitrogens with zero attached hydrogens (tertiary/aromatic N) is 2. The van der Waals surface area contributed by atoms with E-state index in [9.17, 15) is 14.7 Å². The summed E-state index contributed by atoms with van der Waals surface area (Å²) >= 11 is 1.49. The molecule has 2 heterocycles. The van der Waals surface area contributed by atoms with Crippen LogP contribution >= 0.6 is 11.3 Å². The van der Waals surface area contributed by atoms with Crippen LogP contribution in [0, 0.1) is 6.92 Å². The smallest absolute Gasteiger partial charge is 0.326 e. The van der Waals surface area contributed by atoms with Crippen molar-refractivity contribution in [1.29, 1.82) is 0 Å². The van der Waals surface area contributed by atoms with Crippen LogP contribution in [0.4, 0.5) is 0 Å². The molecular weight excluding hydrogens is 388 g/mol. The third-order valence-corrected chi connectivity index (χ3v) is 6.20. The van der Waals surface area contributed by atoms with Crippen molar-refractivity contribution in [3.05, 3.63) is 62.5 Å². The van der Waals surface area contributed by atoms with Gasteiger partial charge in [-0.3, -0.25) is 9.36 Å². The second kappa shape index (κ2) is 9.33. The van der Waals surface area contributed by atoms with Gasteiger partial charge in [0.25, 0.3) is 5.56 Å². The van der Waals surface area contributed by atoms with Crippen molar-refractivity contribution < 1.29 is 14.6 Å². The molecule has 0 aliphatic heterocycles. The molecule has 1 aromatic carbocycles. The third-order valence-electron chi connectivity index (χ3n) is 5.02. The van der Waals surface area contributed by atoms with Crippen LogP contribution in [0.3, 0.4) is 0 Å². The maximum atomic E-state index is 13.3. The fourth-order valence-corrected chi connectivity index (χ4v) is 4.35. The molecule has 3 rings (SSSR count). The molecule has 29 heavy (non-hydrogen) atoms.